The fourth-order valence-corrected chi connectivity index (χ4v) is 2.34. The Morgan fingerprint density at radius 3 is 3.06 bits per heavy atom. The van der Waals surface area contributed by atoms with Gasteiger partial charge in [0, 0.05) is 23.9 Å². The van der Waals surface area contributed by atoms with Crippen LogP contribution >= 0.6 is 11.6 Å². The average molecular weight is 269 g/mol. The molecule has 1 fully saturated rings. The molecule has 98 valence electrons. The number of nitrogens with zero attached hydrogens (tertiary/aromatic N) is 1. The molecule has 0 aliphatic carbocycles. The van der Waals surface area contributed by atoms with Gasteiger partial charge >= 0.3 is 0 Å². The van der Waals surface area contributed by atoms with Crippen LogP contribution in [0.1, 0.15) is 12.8 Å². The minimum Gasteiger partial charge on any atom is -0.396 e. The second kappa shape index (κ2) is 6.18. The van der Waals surface area contributed by atoms with Crippen molar-refractivity contribution in [2.75, 3.05) is 24.6 Å². The quantitative estimate of drug-likeness (QED) is 0.872. The Morgan fingerprint density at radius 1 is 1.50 bits per heavy atom. The first kappa shape index (κ1) is 13.3. The van der Waals surface area contributed by atoms with Crippen molar-refractivity contribution in [3.8, 4) is 0 Å². The lowest BCUT2D eigenvalue weighted by Crippen LogP contribution is -2.44. The lowest BCUT2D eigenvalue weighted by molar-refractivity contribution is -0.120. The zero-order chi connectivity index (χ0) is 13.0. The Hall–Kier alpha value is -1.10. The SMILES string of the molecule is O=C1C(CCO)NCCCN1c1cccc(Cl)c1. The lowest BCUT2D eigenvalue weighted by Gasteiger charge is -2.24. The number of halogens is 1. The number of carbonyl (C=O) groups excluding carboxylic acids is 1. The van der Waals surface area contributed by atoms with E-state index in [1.807, 2.05) is 12.1 Å². The van der Waals surface area contributed by atoms with Crippen molar-refractivity contribution >= 4 is 23.2 Å². The van der Waals surface area contributed by atoms with Crippen LogP contribution in [0.25, 0.3) is 0 Å². The maximum Gasteiger partial charge on any atom is 0.244 e. The number of nitrogens with one attached hydrogen (secondary N) is 1. The molecule has 1 unspecified atom stereocenters. The summed E-state index contributed by atoms with van der Waals surface area (Å²) < 4.78 is 0. The molecule has 4 nitrogen and oxygen atoms in total. The predicted molar refractivity (Wildman–Crippen MR) is 71.9 cm³/mol. The molecule has 0 spiro atoms. The molecule has 0 bridgehead atoms. The molecule has 1 aliphatic rings. The van der Waals surface area contributed by atoms with Crippen LogP contribution in [0.5, 0.6) is 0 Å². The van der Waals surface area contributed by atoms with Crippen LogP contribution in [0.4, 0.5) is 5.69 Å². The number of rotatable bonds is 3. The van der Waals surface area contributed by atoms with E-state index in [-0.39, 0.29) is 18.6 Å². The maximum atomic E-state index is 12.4. The van der Waals surface area contributed by atoms with E-state index in [2.05, 4.69) is 5.32 Å². The molecule has 1 heterocycles. The summed E-state index contributed by atoms with van der Waals surface area (Å²) in [4.78, 5) is 14.1. The summed E-state index contributed by atoms with van der Waals surface area (Å²) in [6, 6.07) is 6.99. The topological polar surface area (TPSA) is 52.6 Å². The van der Waals surface area contributed by atoms with Crippen LogP contribution < -0.4 is 10.2 Å². The highest BCUT2D eigenvalue weighted by atomic mass is 35.5. The third kappa shape index (κ3) is 3.02. The average Bonchev–Trinajstić information content (AvgIpc) is 2.53. The van der Waals surface area contributed by atoms with Gasteiger partial charge in [-0.3, -0.25) is 4.79 Å². The normalized spacial score (nSPS) is 20.9. The van der Waals surface area contributed by atoms with Crippen LogP contribution in [0.15, 0.2) is 24.3 Å². The van der Waals surface area contributed by atoms with Crippen LogP contribution in [0.2, 0.25) is 5.02 Å². The summed E-state index contributed by atoms with van der Waals surface area (Å²) in [5.41, 5.74) is 0.819. The molecule has 1 saturated heterocycles. The van der Waals surface area contributed by atoms with Gasteiger partial charge in [0.25, 0.3) is 0 Å². The number of aliphatic hydroxyl groups excluding tert-OH is 1. The first-order valence-corrected chi connectivity index (χ1v) is 6.51. The van der Waals surface area contributed by atoms with Gasteiger partial charge in [-0.1, -0.05) is 17.7 Å². The summed E-state index contributed by atoms with van der Waals surface area (Å²) >= 11 is 5.96. The first-order chi connectivity index (χ1) is 8.72. The molecule has 2 N–H and O–H groups in total. The number of benzene rings is 1. The van der Waals surface area contributed by atoms with Gasteiger partial charge in [-0.25, -0.2) is 0 Å². The van der Waals surface area contributed by atoms with E-state index >= 15 is 0 Å². The zero-order valence-electron chi connectivity index (χ0n) is 10.1. The monoisotopic (exact) mass is 268 g/mol. The number of hydrogen-bond acceptors (Lipinski definition) is 3. The standard InChI is InChI=1S/C13H17ClN2O2/c14-10-3-1-4-11(9-10)16-7-2-6-15-12(5-8-17)13(16)18/h1,3-4,9,12,15,17H,2,5-8H2. The number of carbonyl (C=O) groups is 1. The van der Waals surface area contributed by atoms with E-state index in [9.17, 15) is 4.79 Å². The number of aliphatic hydroxyl groups is 1. The van der Waals surface area contributed by atoms with Crippen molar-refractivity contribution in [3.63, 3.8) is 0 Å². The molecule has 1 atom stereocenters. The van der Waals surface area contributed by atoms with Gasteiger partial charge in [-0.05, 0) is 37.6 Å². The summed E-state index contributed by atoms with van der Waals surface area (Å²) in [6.45, 7) is 1.47. The van der Waals surface area contributed by atoms with Crippen molar-refractivity contribution in [3.05, 3.63) is 29.3 Å². The van der Waals surface area contributed by atoms with E-state index in [1.165, 1.54) is 0 Å². The molecule has 1 aromatic rings. The van der Waals surface area contributed by atoms with E-state index in [0.29, 0.717) is 18.0 Å². The summed E-state index contributed by atoms with van der Waals surface area (Å²) in [7, 11) is 0. The fraction of sp³-hybridized carbons (Fsp3) is 0.462. The van der Waals surface area contributed by atoms with Gasteiger partial charge in [0.15, 0.2) is 0 Å². The van der Waals surface area contributed by atoms with E-state index in [1.54, 1.807) is 17.0 Å². The maximum absolute atomic E-state index is 12.4. The third-order valence-electron chi connectivity index (χ3n) is 3.05. The zero-order valence-corrected chi connectivity index (χ0v) is 10.9. The van der Waals surface area contributed by atoms with Crippen LogP contribution in [0.3, 0.4) is 0 Å². The Bertz CT molecular complexity index is 425. The molecule has 5 heteroatoms. The van der Waals surface area contributed by atoms with Crippen molar-refractivity contribution in [2.45, 2.75) is 18.9 Å². The molecule has 18 heavy (non-hydrogen) atoms. The highest BCUT2D eigenvalue weighted by Crippen LogP contribution is 2.21. The van der Waals surface area contributed by atoms with Gasteiger partial charge in [0.2, 0.25) is 5.91 Å². The van der Waals surface area contributed by atoms with Crippen LogP contribution in [0, 0.1) is 0 Å². The summed E-state index contributed by atoms with van der Waals surface area (Å²) in [5, 5.41) is 12.8. The predicted octanol–water partition coefficient (Wildman–Crippen LogP) is 1.42. The minimum absolute atomic E-state index is 0.00353. The largest absolute Gasteiger partial charge is 0.396 e. The van der Waals surface area contributed by atoms with Crippen molar-refractivity contribution < 1.29 is 9.90 Å². The Balaban J connectivity index is 2.22. The minimum atomic E-state index is -0.309. The van der Waals surface area contributed by atoms with Crippen LogP contribution in [-0.4, -0.2) is 36.8 Å². The van der Waals surface area contributed by atoms with E-state index in [0.717, 1.165) is 18.7 Å². The van der Waals surface area contributed by atoms with Gasteiger partial charge in [-0.2, -0.15) is 0 Å². The molecular weight excluding hydrogens is 252 g/mol. The van der Waals surface area contributed by atoms with E-state index < -0.39 is 0 Å². The Morgan fingerprint density at radius 2 is 2.33 bits per heavy atom. The van der Waals surface area contributed by atoms with E-state index in [4.69, 9.17) is 16.7 Å². The molecule has 0 aromatic heterocycles. The van der Waals surface area contributed by atoms with Crippen LogP contribution in [-0.2, 0) is 4.79 Å². The summed E-state index contributed by atoms with van der Waals surface area (Å²) in [5.74, 6) is 0.00353. The Kier molecular flexibility index (Phi) is 4.58. The fourth-order valence-electron chi connectivity index (χ4n) is 2.15. The second-order valence-electron chi connectivity index (χ2n) is 4.34. The molecule has 0 radical (unpaired) electrons. The number of hydrogen-bond donors (Lipinski definition) is 2. The van der Waals surface area contributed by atoms with Crippen molar-refractivity contribution in [2.24, 2.45) is 0 Å². The Labute approximate surface area is 112 Å². The second-order valence-corrected chi connectivity index (χ2v) is 4.78. The summed E-state index contributed by atoms with van der Waals surface area (Å²) in [6.07, 6.45) is 1.33. The smallest absolute Gasteiger partial charge is 0.244 e. The molecule has 1 aliphatic heterocycles. The number of amides is 1. The van der Waals surface area contributed by atoms with Gasteiger partial charge in [0.05, 0.1) is 6.04 Å². The molecule has 0 saturated carbocycles. The van der Waals surface area contributed by atoms with Gasteiger partial charge < -0.3 is 15.3 Å². The molecule has 2 rings (SSSR count). The third-order valence-corrected chi connectivity index (χ3v) is 3.29. The van der Waals surface area contributed by atoms with Gasteiger partial charge in [0.1, 0.15) is 0 Å². The highest BCUT2D eigenvalue weighted by molar-refractivity contribution is 6.30. The highest BCUT2D eigenvalue weighted by Gasteiger charge is 2.27. The van der Waals surface area contributed by atoms with Crippen molar-refractivity contribution in [1.82, 2.24) is 5.32 Å². The molecule has 1 amide bonds. The lowest BCUT2D eigenvalue weighted by atomic mass is 10.2. The van der Waals surface area contributed by atoms with Gasteiger partial charge in [-0.15, -0.1) is 0 Å². The first-order valence-electron chi connectivity index (χ1n) is 6.13. The molecular formula is C13H17ClN2O2. The van der Waals surface area contributed by atoms with Crippen molar-refractivity contribution in [1.29, 1.82) is 0 Å². The number of anilines is 1. The molecule has 1 aromatic carbocycles.